The number of hydrogen-bond acceptors (Lipinski definition) is 3. The lowest BCUT2D eigenvalue weighted by Crippen LogP contribution is -2.50. The Morgan fingerprint density at radius 3 is 1.52 bits per heavy atom. The lowest BCUT2D eigenvalue weighted by atomic mass is 10.6. The van der Waals surface area contributed by atoms with Gasteiger partial charge in [0, 0.05) is 0 Å². The molecule has 13 heteroatoms. The van der Waals surface area contributed by atoms with Crippen LogP contribution in [0.25, 0.3) is 0 Å². The van der Waals surface area contributed by atoms with Crippen molar-refractivity contribution in [2.75, 3.05) is 13.2 Å². The van der Waals surface area contributed by atoms with Crippen molar-refractivity contribution >= 4 is 31.6 Å². The number of rotatable bonds is 9. The Balaban J connectivity index is 5.35. The number of alkyl halides is 9. The van der Waals surface area contributed by atoms with Gasteiger partial charge in [-0.25, -0.2) is 0 Å². The Bertz CT molecular complexity index is 334. The standard InChI is InChI=1S/C8H10Cl2F7O3P/c1-3-18-21(19-4-2)8(16,17)7(14,15)20-6(10,13)5(9,11)12/h3-4H2,1-2H3. The SMILES string of the molecule is CCOP(OCC)C(F)(F)C(F)(F)OC(F)(Cl)C(F)(F)Cl. The van der Waals surface area contributed by atoms with Gasteiger partial charge in [0.05, 0.1) is 13.2 Å². The van der Waals surface area contributed by atoms with Gasteiger partial charge in [0.1, 0.15) is 0 Å². The Morgan fingerprint density at radius 1 is 0.857 bits per heavy atom. The fraction of sp³-hybridized carbons (Fsp3) is 1.00. The molecule has 0 rings (SSSR count). The summed E-state index contributed by atoms with van der Waals surface area (Å²) < 4.78 is 103. The molecular weight excluding hydrogens is 379 g/mol. The van der Waals surface area contributed by atoms with Crippen LogP contribution in [0.4, 0.5) is 30.7 Å². The van der Waals surface area contributed by atoms with Gasteiger partial charge >= 0.3 is 22.5 Å². The Morgan fingerprint density at radius 2 is 1.24 bits per heavy atom. The maximum atomic E-state index is 13.5. The second kappa shape index (κ2) is 7.31. The van der Waals surface area contributed by atoms with Crippen molar-refractivity contribution in [3.8, 4) is 0 Å². The van der Waals surface area contributed by atoms with Crippen LogP contribution in [-0.2, 0) is 13.8 Å². The highest BCUT2D eigenvalue weighted by molar-refractivity contribution is 7.48. The summed E-state index contributed by atoms with van der Waals surface area (Å²) in [6.07, 6.45) is -5.77. The van der Waals surface area contributed by atoms with Crippen molar-refractivity contribution in [2.24, 2.45) is 0 Å². The largest absolute Gasteiger partial charge is 0.432 e. The van der Waals surface area contributed by atoms with E-state index < -0.39 is 44.1 Å². The van der Waals surface area contributed by atoms with Gasteiger partial charge in [-0.1, -0.05) is 0 Å². The van der Waals surface area contributed by atoms with Crippen LogP contribution in [0.5, 0.6) is 0 Å². The first kappa shape index (κ1) is 21.4. The minimum Gasteiger partial charge on any atom is -0.330 e. The number of ether oxygens (including phenoxy) is 1. The van der Waals surface area contributed by atoms with Crippen molar-refractivity contribution in [2.45, 2.75) is 36.3 Å². The minimum atomic E-state index is -5.77. The van der Waals surface area contributed by atoms with E-state index in [9.17, 15) is 30.7 Å². The number of halogens is 9. The molecule has 0 N–H and O–H groups in total. The van der Waals surface area contributed by atoms with Crippen molar-refractivity contribution in [3.63, 3.8) is 0 Å². The molecule has 0 fully saturated rings. The van der Waals surface area contributed by atoms with E-state index in [1.165, 1.54) is 13.8 Å². The molecule has 0 bridgehead atoms. The molecule has 1 unspecified atom stereocenters. The Kier molecular flexibility index (Phi) is 7.45. The van der Waals surface area contributed by atoms with E-state index >= 15 is 0 Å². The highest BCUT2D eigenvalue weighted by Gasteiger charge is 2.71. The van der Waals surface area contributed by atoms with Gasteiger partial charge in [0.25, 0.3) is 8.38 Å². The zero-order valence-corrected chi connectivity index (χ0v) is 12.9. The molecule has 0 aromatic heterocycles. The quantitative estimate of drug-likeness (QED) is 0.306. The molecule has 1 atom stereocenters. The van der Waals surface area contributed by atoms with E-state index in [-0.39, 0.29) is 0 Å². The average molecular weight is 389 g/mol. The van der Waals surface area contributed by atoms with Crippen molar-refractivity contribution in [1.29, 1.82) is 0 Å². The van der Waals surface area contributed by atoms with Crippen LogP contribution in [0, 0.1) is 0 Å². The summed E-state index contributed by atoms with van der Waals surface area (Å²) in [5.74, 6) is 0. The molecule has 0 saturated carbocycles. The fourth-order valence-electron chi connectivity index (χ4n) is 0.820. The third-order valence-electron chi connectivity index (χ3n) is 1.66. The predicted molar refractivity (Wildman–Crippen MR) is 61.6 cm³/mol. The summed E-state index contributed by atoms with van der Waals surface area (Å²) in [5.41, 5.74) is -5.26. The normalized spacial score (nSPS) is 17.1. The summed E-state index contributed by atoms with van der Waals surface area (Å²) in [5, 5.41) is -10.3. The molecule has 0 saturated heterocycles. The second-order valence-electron chi connectivity index (χ2n) is 3.27. The van der Waals surface area contributed by atoms with Crippen LogP contribution in [-0.4, -0.2) is 35.7 Å². The van der Waals surface area contributed by atoms with E-state index in [1.54, 1.807) is 0 Å². The van der Waals surface area contributed by atoms with Gasteiger partial charge in [-0.05, 0) is 37.0 Å². The van der Waals surface area contributed by atoms with Gasteiger partial charge in [-0.2, -0.15) is 30.7 Å². The molecule has 0 amide bonds. The van der Waals surface area contributed by atoms with Crippen LogP contribution in [0.2, 0.25) is 0 Å². The van der Waals surface area contributed by atoms with Gasteiger partial charge in [0.2, 0.25) is 0 Å². The smallest absolute Gasteiger partial charge is 0.330 e. The second-order valence-corrected chi connectivity index (χ2v) is 5.82. The van der Waals surface area contributed by atoms with E-state index in [1.807, 2.05) is 0 Å². The van der Waals surface area contributed by atoms with E-state index in [0.29, 0.717) is 0 Å². The van der Waals surface area contributed by atoms with Gasteiger partial charge in [-0.3, -0.25) is 4.74 Å². The lowest BCUT2D eigenvalue weighted by molar-refractivity contribution is -0.384. The Labute approximate surface area is 126 Å². The average Bonchev–Trinajstić information content (AvgIpc) is 2.25. The summed E-state index contributed by atoms with van der Waals surface area (Å²) in [6.45, 7) is 1.48. The molecule has 0 aliphatic rings. The monoisotopic (exact) mass is 388 g/mol. The molecule has 0 radical (unpaired) electrons. The maximum absolute atomic E-state index is 13.5. The van der Waals surface area contributed by atoms with Crippen molar-refractivity contribution in [3.05, 3.63) is 0 Å². The molecule has 0 spiro atoms. The summed E-state index contributed by atoms with van der Waals surface area (Å²) in [7, 11) is -3.60. The lowest BCUT2D eigenvalue weighted by Gasteiger charge is -2.34. The first-order valence-corrected chi connectivity index (χ1v) is 7.12. The molecule has 0 aromatic rings. The molecule has 0 heterocycles. The van der Waals surface area contributed by atoms with Crippen LogP contribution in [0.3, 0.4) is 0 Å². The van der Waals surface area contributed by atoms with Crippen LogP contribution >= 0.6 is 31.6 Å². The zero-order valence-electron chi connectivity index (χ0n) is 10.5. The zero-order chi connectivity index (χ0) is 17.1. The van der Waals surface area contributed by atoms with E-state index in [4.69, 9.17) is 0 Å². The van der Waals surface area contributed by atoms with E-state index in [2.05, 4.69) is 37.0 Å². The van der Waals surface area contributed by atoms with E-state index in [0.717, 1.165) is 0 Å². The van der Waals surface area contributed by atoms with Crippen molar-refractivity contribution < 1.29 is 44.5 Å². The first-order valence-electron chi connectivity index (χ1n) is 5.19. The molecular formula is C8H10Cl2F7O3P. The first-order chi connectivity index (χ1) is 9.23. The number of hydrogen-bond donors (Lipinski definition) is 0. The molecule has 0 aromatic carbocycles. The minimum absolute atomic E-state index is 0.454. The molecule has 3 nitrogen and oxygen atoms in total. The molecule has 0 aliphatic carbocycles. The highest BCUT2D eigenvalue weighted by Crippen LogP contribution is 2.62. The van der Waals surface area contributed by atoms with Crippen molar-refractivity contribution in [1.82, 2.24) is 0 Å². The van der Waals surface area contributed by atoms with Crippen LogP contribution < -0.4 is 0 Å². The summed E-state index contributed by atoms with van der Waals surface area (Å²) in [4.78, 5) is 0. The maximum Gasteiger partial charge on any atom is 0.432 e. The Hall–Kier alpha value is 0.400. The predicted octanol–water partition coefficient (Wildman–Crippen LogP) is 5.27. The topological polar surface area (TPSA) is 27.7 Å². The molecule has 0 aliphatic heterocycles. The van der Waals surface area contributed by atoms with Gasteiger partial charge < -0.3 is 9.05 Å². The third-order valence-corrected chi connectivity index (χ3v) is 4.02. The fourth-order valence-corrected chi connectivity index (χ4v) is 2.08. The van der Waals surface area contributed by atoms with Gasteiger partial charge in [-0.15, -0.1) is 0 Å². The van der Waals surface area contributed by atoms with Gasteiger partial charge in [0.15, 0.2) is 0 Å². The van der Waals surface area contributed by atoms with Crippen LogP contribution in [0.15, 0.2) is 0 Å². The summed E-state index contributed by atoms with van der Waals surface area (Å²) >= 11 is 8.39. The molecule has 128 valence electrons. The van der Waals surface area contributed by atoms with Crippen LogP contribution in [0.1, 0.15) is 13.8 Å². The summed E-state index contributed by atoms with van der Waals surface area (Å²) in [6, 6.07) is 0. The third kappa shape index (κ3) is 5.21. The molecule has 21 heavy (non-hydrogen) atoms. The highest BCUT2D eigenvalue weighted by atomic mass is 35.5.